The maximum atomic E-state index is 12.9. The summed E-state index contributed by atoms with van der Waals surface area (Å²) in [5.74, 6) is 0.504. The van der Waals surface area contributed by atoms with Gasteiger partial charge in [-0.3, -0.25) is 25.0 Å². The minimum absolute atomic E-state index is 0.152. The topological polar surface area (TPSA) is 97.3 Å². The fourth-order valence-electron chi connectivity index (χ4n) is 2.85. The van der Waals surface area contributed by atoms with Gasteiger partial charge in [-0.2, -0.15) is 0 Å². The highest BCUT2D eigenvalue weighted by Crippen LogP contribution is 2.38. The number of ether oxygens (including phenoxy) is 1. The largest absolute Gasteiger partial charge is 0.497 e. The van der Waals surface area contributed by atoms with Crippen molar-refractivity contribution in [3.05, 3.63) is 59.0 Å². The third kappa shape index (κ3) is 3.94. The fourth-order valence-corrected chi connectivity index (χ4v) is 4.87. The lowest BCUT2D eigenvalue weighted by Crippen LogP contribution is -2.44. The van der Waals surface area contributed by atoms with Crippen LogP contribution in [-0.4, -0.2) is 44.6 Å². The third-order valence-corrected chi connectivity index (χ3v) is 6.67. The quantitative estimate of drug-likeness (QED) is 0.669. The summed E-state index contributed by atoms with van der Waals surface area (Å²) < 4.78 is 5.18. The van der Waals surface area contributed by atoms with E-state index in [0.29, 0.717) is 27.0 Å². The van der Waals surface area contributed by atoms with Crippen LogP contribution >= 0.6 is 23.1 Å². The van der Waals surface area contributed by atoms with Crippen LogP contribution in [-0.2, 0) is 4.79 Å². The molecule has 1 fully saturated rings. The van der Waals surface area contributed by atoms with Crippen LogP contribution in [0.2, 0.25) is 0 Å². The van der Waals surface area contributed by atoms with E-state index < -0.39 is 0 Å². The molecule has 0 saturated carbocycles. The summed E-state index contributed by atoms with van der Waals surface area (Å²) in [6.07, 6.45) is 4.75. The zero-order valence-corrected chi connectivity index (χ0v) is 17.3. The summed E-state index contributed by atoms with van der Waals surface area (Å²) in [4.78, 5) is 38.4. The average Bonchev–Trinajstić information content (AvgIpc) is 3.32. The van der Waals surface area contributed by atoms with Crippen LogP contribution in [0, 0.1) is 6.92 Å². The van der Waals surface area contributed by atoms with Gasteiger partial charge in [-0.05, 0) is 24.6 Å². The number of thiazole rings is 1. The summed E-state index contributed by atoms with van der Waals surface area (Å²) in [5, 5.41) is 1.69. The summed E-state index contributed by atoms with van der Waals surface area (Å²) in [7, 11) is 1.60. The van der Waals surface area contributed by atoms with Gasteiger partial charge in [0, 0.05) is 12.4 Å². The average molecular weight is 428 g/mol. The lowest BCUT2D eigenvalue weighted by Gasteiger charge is -2.24. The first-order chi connectivity index (χ1) is 14.1. The Morgan fingerprint density at radius 3 is 2.76 bits per heavy atom. The van der Waals surface area contributed by atoms with Crippen molar-refractivity contribution in [3.63, 3.8) is 0 Å². The number of methoxy groups -OCH3 is 1. The first-order valence-electron chi connectivity index (χ1n) is 8.69. The standard InChI is InChI=1S/C19H17N5O3S2/c1-11-16(29-18(22-11)14-9-20-7-8-21-14)17(26)23-24-15(25)10-28-19(24)12-3-5-13(27-2)6-4-12/h3-9,19H,10H2,1-2H3,(H,23,26). The Balaban J connectivity index is 1.55. The molecule has 2 aromatic heterocycles. The molecule has 3 aromatic rings. The molecule has 1 unspecified atom stereocenters. The number of hydrogen-bond donors (Lipinski definition) is 1. The molecular formula is C19H17N5O3S2. The van der Waals surface area contributed by atoms with Gasteiger partial charge in [0.05, 0.1) is 24.8 Å². The van der Waals surface area contributed by atoms with Crippen LogP contribution in [0.4, 0.5) is 0 Å². The van der Waals surface area contributed by atoms with E-state index in [1.54, 1.807) is 32.6 Å². The second kappa shape index (κ2) is 8.18. The second-order valence-corrected chi connectivity index (χ2v) is 8.23. The molecule has 1 N–H and O–H groups in total. The van der Waals surface area contributed by atoms with Gasteiger partial charge < -0.3 is 4.74 Å². The molecule has 0 spiro atoms. The van der Waals surface area contributed by atoms with Crippen molar-refractivity contribution in [1.29, 1.82) is 0 Å². The maximum Gasteiger partial charge on any atom is 0.281 e. The molecule has 3 heterocycles. The Hall–Kier alpha value is -2.98. The van der Waals surface area contributed by atoms with Crippen LogP contribution in [0.15, 0.2) is 42.9 Å². The Bertz CT molecular complexity index is 1040. The van der Waals surface area contributed by atoms with Crippen LogP contribution in [0.5, 0.6) is 5.75 Å². The second-order valence-electron chi connectivity index (χ2n) is 6.17. The highest BCUT2D eigenvalue weighted by Gasteiger charge is 2.35. The molecule has 0 aliphatic carbocycles. The monoisotopic (exact) mass is 427 g/mol. The van der Waals surface area contributed by atoms with Crippen molar-refractivity contribution in [1.82, 2.24) is 25.4 Å². The van der Waals surface area contributed by atoms with Crippen LogP contribution < -0.4 is 10.2 Å². The van der Waals surface area contributed by atoms with Gasteiger partial charge in [0.2, 0.25) is 0 Å². The minimum Gasteiger partial charge on any atom is -0.497 e. The van der Waals surface area contributed by atoms with Crippen molar-refractivity contribution >= 4 is 34.9 Å². The lowest BCUT2D eigenvalue weighted by atomic mass is 10.2. The van der Waals surface area contributed by atoms with E-state index in [2.05, 4.69) is 20.4 Å². The van der Waals surface area contributed by atoms with Crippen molar-refractivity contribution < 1.29 is 14.3 Å². The number of aryl methyl sites for hydroxylation is 1. The third-order valence-electron chi connectivity index (χ3n) is 4.28. The molecule has 148 valence electrons. The summed E-state index contributed by atoms with van der Waals surface area (Å²) in [6, 6.07) is 7.44. The van der Waals surface area contributed by atoms with Crippen molar-refractivity contribution in [3.8, 4) is 16.5 Å². The Kier molecular flexibility index (Phi) is 5.45. The van der Waals surface area contributed by atoms with Gasteiger partial charge in [0.1, 0.15) is 26.7 Å². The summed E-state index contributed by atoms with van der Waals surface area (Å²) in [5.41, 5.74) is 4.84. The Morgan fingerprint density at radius 1 is 1.28 bits per heavy atom. The lowest BCUT2D eigenvalue weighted by molar-refractivity contribution is -0.130. The van der Waals surface area contributed by atoms with Crippen LogP contribution in [0.3, 0.4) is 0 Å². The first-order valence-corrected chi connectivity index (χ1v) is 10.6. The molecule has 8 nitrogen and oxygen atoms in total. The van der Waals surface area contributed by atoms with E-state index in [0.717, 1.165) is 11.3 Å². The molecule has 1 aliphatic heterocycles. The van der Waals surface area contributed by atoms with E-state index in [1.165, 1.54) is 28.1 Å². The number of nitrogens with one attached hydrogen (secondary N) is 1. The number of nitrogens with zero attached hydrogens (tertiary/aromatic N) is 4. The van der Waals surface area contributed by atoms with E-state index in [-0.39, 0.29) is 17.2 Å². The predicted octanol–water partition coefficient (Wildman–Crippen LogP) is 2.84. The molecular weight excluding hydrogens is 410 g/mol. The van der Waals surface area contributed by atoms with E-state index >= 15 is 0 Å². The number of amides is 2. The van der Waals surface area contributed by atoms with Crippen molar-refractivity contribution in [2.75, 3.05) is 12.9 Å². The predicted molar refractivity (Wildman–Crippen MR) is 110 cm³/mol. The molecule has 0 radical (unpaired) electrons. The molecule has 1 aromatic carbocycles. The molecule has 1 saturated heterocycles. The van der Waals surface area contributed by atoms with Gasteiger partial charge in [-0.15, -0.1) is 23.1 Å². The molecule has 10 heteroatoms. The Labute approximate surface area is 175 Å². The van der Waals surface area contributed by atoms with E-state index in [1.807, 2.05) is 24.3 Å². The molecule has 29 heavy (non-hydrogen) atoms. The zero-order chi connectivity index (χ0) is 20.4. The SMILES string of the molecule is COc1ccc(C2SCC(=O)N2NC(=O)c2sc(-c3cnccn3)nc2C)cc1. The molecule has 1 atom stereocenters. The number of benzene rings is 1. The smallest absolute Gasteiger partial charge is 0.281 e. The maximum absolute atomic E-state index is 12.9. The highest BCUT2D eigenvalue weighted by atomic mass is 32.2. The minimum atomic E-state index is -0.371. The summed E-state index contributed by atoms with van der Waals surface area (Å²) in [6.45, 7) is 1.76. The number of thioether (sulfide) groups is 1. The van der Waals surface area contributed by atoms with Crippen molar-refractivity contribution in [2.45, 2.75) is 12.3 Å². The normalized spacial score (nSPS) is 16.1. The number of rotatable bonds is 5. The number of carbonyl (C=O) groups is 2. The molecule has 2 amide bonds. The van der Waals surface area contributed by atoms with Crippen LogP contribution in [0.1, 0.15) is 26.3 Å². The Morgan fingerprint density at radius 2 is 2.07 bits per heavy atom. The number of aromatic nitrogens is 3. The summed E-state index contributed by atoms with van der Waals surface area (Å²) >= 11 is 2.68. The van der Waals surface area contributed by atoms with Gasteiger partial charge in [-0.1, -0.05) is 12.1 Å². The van der Waals surface area contributed by atoms with Crippen LogP contribution in [0.25, 0.3) is 10.7 Å². The van der Waals surface area contributed by atoms with Gasteiger partial charge in [0.15, 0.2) is 0 Å². The number of hydrazine groups is 1. The van der Waals surface area contributed by atoms with Crippen molar-refractivity contribution in [2.24, 2.45) is 0 Å². The molecule has 0 bridgehead atoms. The zero-order valence-electron chi connectivity index (χ0n) is 15.7. The van der Waals surface area contributed by atoms with E-state index in [4.69, 9.17) is 4.74 Å². The van der Waals surface area contributed by atoms with E-state index in [9.17, 15) is 9.59 Å². The molecule has 4 rings (SSSR count). The van der Waals surface area contributed by atoms with Gasteiger partial charge in [0.25, 0.3) is 11.8 Å². The number of carbonyl (C=O) groups excluding carboxylic acids is 2. The molecule has 1 aliphatic rings. The fraction of sp³-hybridized carbons (Fsp3) is 0.211. The van der Waals surface area contributed by atoms with Gasteiger partial charge in [-0.25, -0.2) is 9.99 Å². The first kappa shape index (κ1) is 19.3. The number of hydrogen-bond acceptors (Lipinski definition) is 8. The highest BCUT2D eigenvalue weighted by molar-refractivity contribution is 8.00. The van der Waals surface area contributed by atoms with Gasteiger partial charge >= 0.3 is 0 Å².